The van der Waals surface area contributed by atoms with Crippen LogP contribution >= 0.6 is 0 Å². The summed E-state index contributed by atoms with van der Waals surface area (Å²) < 4.78 is 0. The van der Waals surface area contributed by atoms with Crippen LogP contribution in [0.1, 0.15) is 19.3 Å². The van der Waals surface area contributed by atoms with Crippen molar-refractivity contribution in [1.29, 1.82) is 5.26 Å². The molecule has 2 aliphatic heterocycles. The van der Waals surface area contributed by atoms with Crippen molar-refractivity contribution < 1.29 is 4.79 Å². The molecular weight excluding hydrogens is 242 g/mol. The van der Waals surface area contributed by atoms with Gasteiger partial charge in [0, 0.05) is 25.2 Å². The number of hydrogen-bond donors (Lipinski definition) is 2. The molecule has 0 spiro atoms. The highest BCUT2D eigenvalue weighted by molar-refractivity contribution is 5.78. The first kappa shape index (κ1) is 14.3. The number of hydrogen-bond acceptors (Lipinski definition) is 5. The second-order valence-electron chi connectivity index (χ2n) is 5.49. The lowest BCUT2D eigenvalue weighted by Gasteiger charge is -2.34. The number of carbonyl (C=O) groups excluding carboxylic acids is 1. The van der Waals surface area contributed by atoms with Gasteiger partial charge in [-0.2, -0.15) is 5.26 Å². The van der Waals surface area contributed by atoms with Gasteiger partial charge in [0.1, 0.15) is 6.54 Å². The second-order valence-corrected chi connectivity index (χ2v) is 5.49. The molecule has 1 unspecified atom stereocenters. The highest BCUT2D eigenvalue weighted by Crippen LogP contribution is 2.19. The van der Waals surface area contributed by atoms with Gasteiger partial charge in [-0.3, -0.25) is 14.6 Å². The first-order valence-electron chi connectivity index (χ1n) is 7.04. The van der Waals surface area contributed by atoms with E-state index in [0.717, 1.165) is 45.4 Å². The lowest BCUT2D eigenvalue weighted by atomic mass is 10.0. The molecule has 106 valence electrons. The molecule has 2 rings (SSSR count). The minimum Gasteiger partial charge on any atom is -0.342 e. The van der Waals surface area contributed by atoms with Crippen LogP contribution in [0.4, 0.5) is 0 Å². The van der Waals surface area contributed by atoms with Gasteiger partial charge in [0.15, 0.2) is 0 Å². The zero-order valence-electron chi connectivity index (χ0n) is 11.3. The highest BCUT2D eigenvalue weighted by Gasteiger charge is 2.30. The number of nitrogens with one attached hydrogen (secondary N) is 1. The normalized spacial score (nSPS) is 26.2. The van der Waals surface area contributed by atoms with Gasteiger partial charge in [-0.15, -0.1) is 0 Å². The molecule has 0 aromatic rings. The van der Waals surface area contributed by atoms with E-state index < -0.39 is 0 Å². The van der Waals surface area contributed by atoms with Crippen molar-refractivity contribution in [3.8, 4) is 6.07 Å². The van der Waals surface area contributed by atoms with Crippen molar-refractivity contribution in [3.05, 3.63) is 0 Å². The molecule has 2 heterocycles. The summed E-state index contributed by atoms with van der Waals surface area (Å²) in [5, 5.41) is 11.0. The minimum absolute atomic E-state index is 0.0529. The van der Waals surface area contributed by atoms with Gasteiger partial charge in [0.25, 0.3) is 0 Å². The van der Waals surface area contributed by atoms with Crippen LogP contribution in [-0.4, -0.2) is 67.1 Å². The average molecular weight is 265 g/mol. The maximum Gasteiger partial charge on any atom is 0.235 e. The van der Waals surface area contributed by atoms with Crippen LogP contribution < -0.4 is 11.1 Å². The van der Waals surface area contributed by atoms with Gasteiger partial charge in [-0.1, -0.05) is 0 Å². The average Bonchev–Trinajstić information content (AvgIpc) is 2.85. The van der Waals surface area contributed by atoms with Gasteiger partial charge in [0.2, 0.25) is 5.91 Å². The number of likely N-dealkylation sites (tertiary alicyclic amines) is 2. The van der Waals surface area contributed by atoms with Crippen molar-refractivity contribution in [3.63, 3.8) is 0 Å². The summed E-state index contributed by atoms with van der Waals surface area (Å²) in [6.07, 6.45) is 3.29. The van der Waals surface area contributed by atoms with E-state index in [0.29, 0.717) is 18.6 Å². The van der Waals surface area contributed by atoms with Gasteiger partial charge in [0.05, 0.1) is 12.6 Å². The number of nitrogens with zero attached hydrogens (tertiary/aromatic N) is 3. The third kappa shape index (κ3) is 4.16. The van der Waals surface area contributed by atoms with E-state index >= 15 is 0 Å². The Bertz CT molecular complexity index is 345. The molecule has 1 atom stereocenters. The second kappa shape index (κ2) is 6.85. The fourth-order valence-corrected chi connectivity index (χ4v) is 2.94. The molecule has 0 saturated carbocycles. The van der Waals surface area contributed by atoms with E-state index in [1.807, 2.05) is 6.07 Å². The summed E-state index contributed by atoms with van der Waals surface area (Å²) in [6.45, 7) is 4.59. The molecule has 0 bridgehead atoms. The smallest absolute Gasteiger partial charge is 0.235 e. The monoisotopic (exact) mass is 265 g/mol. The van der Waals surface area contributed by atoms with Crippen molar-refractivity contribution in [1.82, 2.24) is 15.1 Å². The van der Waals surface area contributed by atoms with Crippen molar-refractivity contribution >= 4 is 5.91 Å². The number of amides is 1. The summed E-state index contributed by atoms with van der Waals surface area (Å²) in [7, 11) is 0. The van der Waals surface area contributed by atoms with Crippen LogP contribution in [0.15, 0.2) is 0 Å². The van der Waals surface area contributed by atoms with Crippen molar-refractivity contribution in [2.24, 2.45) is 5.73 Å². The van der Waals surface area contributed by atoms with Crippen LogP contribution in [0.2, 0.25) is 0 Å². The SMILES string of the molecule is N#CCNC(=O)CN1CCC(N2CCC(N)CC2)C1. The predicted molar refractivity (Wildman–Crippen MR) is 72.3 cm³/mol. The van der Waals surface area contributed by atoms with Crippen LogP contribution in [0.25, 0.3) is 0 Å². The maximum absolute atomic E-state index is 11.5. The van der Waals surface area contributed by atoms with Crippen LogP contribution in [0.5, 0.6) is 0 Å². The van der Waals surface area contributed by atoms with Crippen LogP contribution in [-0.2, 0) is 4.79 Å². The topological polar surface area (TPSA) is 85.4 Å². The Kier molecular flexibility index (Phi) is 5.14. The third-order valence-electron chi connectivity index (χ3n) is 4.07. The Morgan fingerprint density at radius 2 is 2.05 bits per heavy atom. The minimum atomic E-state index is -0.0529. The fourth-order valence-electron chi connectivity index (χ4n) is 2.94. The quantitative estimate of drug-likeness (QED) is 0.645. The fraction of sp³-hybridized carbons (Fsp3) is 0.846. The number of carbonyl (C=O) groups is 1. The van der Waals surface area contributed by atoms with E-state index in [9.17, 15) is 4.79 Å². The molecule has 0 aliphatic carbocycles. The zero-order valence-corrected chi connectivity index (χ0v) is 11.3. The summed E-state index contributed by atoms with van der Waals surface area (Å²) >= 11 is 0. The molecule has 6 heteroatoms. The Hall–Kier alpha value is -1.16. The van der Waals surface area contributed by atoms with Gasteiger partial charge in [-0.25, -0.2) is 0 Å². The van der Waals surface area contributed by atoms with Crippen molar-refractivity contribution in [2.45, 2.75) is 31.3 Å². The first-order valence-corrected chi connectivity index (χ1v) is 7.04. The molecular formula is C13H23N5O. The number of rotatable bonds is 4. The Labute approximate surface area is 114 Å². The molecule has 3 N–H and O–H groups in total. The van der Waals surface area contributed by atoms with E-state index in [1.54, 1.807) is 0 Å². The molecule has 2 fully saturated rings. The lowest BCUT2D eigenvalue weighted by molar-refractivity contribution is -0.121. The van der Waals surface area contributed by atoms with E-state index in [1.165, 1.54) is 0 Å². The van der Waals surface area contributed by atoms with Gasteiger partial charge < -0.3 is 11.1 Å². The van der Waals surface area contributed by atoms with Crippen LogP contribution in [0.3, 0.4) is 0 Å². The predicted octanol–water partition coefficient (Wildman–Crippen LogP) is -0.876. The van der Waals surface area contributed by atoms with Gasteiger partial charge in [-0.05, 0) is 32.4 Å². The van der Waals surface area contributed by atoms with Crippen LogP contribution in [0, 0.1) is 11.3 Å². The first-order chi connectivity index (χ1) is 9.19. The molecule has 2 aliphatic rings. The number of nitriles is 1. The zero-order chi connectivity index (χ0) is 13.7. The number of piperidine rings is 1. The largest absolute Gasteiger partial charge is 0.342 e. The van der Waals surface area contributed by atoms with E-state index in [4.69, 9.17) is 11.0 Å². The van der Waals surface area contributed by atoms with E-state index in [-0.39, 0.29) is 12.5 Å². The molecule has 0 radical (unpaired) electrons. The molecule has 0 aromatic carbocycles. The Balaban J connectivity index is 1.71. The number of nitrogens with two attached hydrogens (primary N) is 1. The molecule has 0 aromatic heterocycles. The Morgan fingerprint density at radius 1 is 1.32 bits per heavy atom. The molecule has 19 heavy (non-hydrogen) atoms. The highest BCUT2D eigenvalue weighted by atomic mass is 16.2. The molecule has 6 nitrogen and oxygen atoms in total. The standard InChI is InChI=1S/C13H23N5O/c14-4-5-16-13(19)10-17-6-3-12(9-17)18-7-1-11(15)2-8-18/h11-12H,1-3,5-10,15H2,(H,16,19). The lowest BCUT2D eigenvalue weighted by Crippen LogP contribution is -2.46. The molecule has 2 saturated heterocycles. The van der Waals surface area contributed by atoms with Crippen molar-refractivity contribution in [2.75, 3.05) is 39.3 Å². The summed E-state index contributed by atoms with van der Waals surface area (Å²) in [4.78, 5) is 16.2. The summed E-state index contributed by atoms with van der Waals surface area (Å²) in [6, 6.07) is 2.85. The van der Waals surface area contributed by atoms with Gasteiger partial charge >= 0.3 is 0 Å². The summed E-state index contributed by atoms with van der Waals surface area (Å²) in [5.74, 6) is -0.0529. The maximum atomic E-state index is 11.5. The third-order valence-corrected chi connectivity index (χ3v) is 4.07. The molecule has 1 amide bonds. The summed E-state index contributed by atoms with van der Waals surface area (Å²) in [5.41, 5.74) is 5.92. The Morgan fingerprint density at radius 3 is 2.74 bits per heavy atom. The van der Waals surface area contributed by atoms with E-state index in [2.05, 4.69) is 15.1 Å².